The molecule has 0 spiro atoms. The van der Waals surface area contributed by atoms with Crippen LogP contribution < -0.4 is 0 Å². The minimum absolute atomic E-state index is 0. The zero-order valence-electron chi connectivity index (χ0n) is 13.6. The van der Waals surface area contributed by atoms with Crippen molar-refractivity contribution in [3.63, 3.8) is 0 Å². The Hall–Kier alpha value is 0.254. The molecule has 0 saturated carbocycles. The van der Waals surface area contributed by atoms with Crippen LogP contribution in [0.25, 0.3) is 0 Å². The molecule has 4 rings (SSSR count). The first-order valence-electron chi connectivity index (χ1n) is 8.82. The van der Waals surface area contributed by atoms with Crippen molar-refractivity contribution in [1.82, 2.24) is 0 Å². The van der Waals surface area contributed by atoms with Crippen molar-refractivity contribution < 1.29 is 21.7 Å². The Balaban J connectivity index is 0.00000156. The molecule has 2 unspecified atom stereocenters. The molecule has 0 aromatic carbocycles. The largest absolute Gasteiger partial charge is 0.110 e. The fraction of sp³-hybridized carbons (Fsp3) is 0.600. The van der Waals surface area contributed by atoms with Crippen LogP contribution in [0.1, 0.15) is 64.2 Å². The monoisotopic (exact) mass is 382 g/mol. The van der Waals surface area contributed by atoms with Gasteiger partial charge in [0.05, 0.1) is 9.75 Å². The van der Waals surface area contributed by atoms with Crippen molar-refractivity contribution in [3.05, 3.63) is 46.6 Å². The van der Waals surface area contributed by atoms with E-state index in [1.807, 2.05) is 0 Å². The molecule has 2 atom stereocenters. The second kappa shape index (κ2) is 6.87. The van der Waals surface area contributed by atoms with Gasteiger partial charge in [0.2, 0.25) is 0 Å². The molecule has 4 aliphatic carbocycles. The predicted molar refractivity (Wildman–Crippen MR) is 95.7 cm³/mol. The van der Waals surface area contributed by atoms with E-state index in [0.717, 1.165) is 12.8 Å². The van der Waals surface area contributed by atoms with Gasteiger partial charge in [0, 0.05) is 21.7 Å². The van der Waals surface area contributed by atoms with E-state index >= 15 is 0 Å². The second-order valence-corrected chi connectivity index (χ2v) is 8.66. The minimum atomic E-state index is -0.260. The van der Waals surface area contributed by atoms with Crippen molar-refractivity contribution in [2.45, 2.75) is 74.0 Å². The minimum Gasteiger partial charge on any atom is -0.110 e. The van der Waals surface area contributed by atoms with E-state index in [1.54, 1.807) is 0 Å². The Morgan fingerprint density at radius 3 is 1.52 bits per heavy atom. The van der Waals surface area contributed by atoms with Crippen molar-refractivity contribution in [2.24, 2.45) is 0 Å². The van der Waals surface area contributed by atoms with Crippen LogP contribution in [0.3, 0.4) is 0 Å². The van der Waals surface area contributed by atoms with Crippen LogP contribution in [0.5, 0.6) is 0 Å². The third kappa shape index (κ3) is 3.22. The summed E-state index contributed by atoms with van der Waals surface area (Å²) in [7, 11) is 0. The Morgan fingerprint density at radius 2 is 1.09 bits per heavy atom. The summed E-state index contributed by atoms with van der Waals surface area (Å²) in [5, 5.41) is 0. The van der Waals surface area contributed by atoms with Crippen molar-refractivity contribution in [2.75, 3.05) is 0 Å². The summed E-state index contributed by atoms with van der Waals surface area (Å²) in [5.41, 5.74) is 5.98. The first-order valence-corrected chi connectivity index (χ1v) is 9.58. The van der Waals surface area contributed by atoms with Crippen molar-refractivity contribution in [3.8, 4) is 0 Å². The topological polar surface area (TPSA) is 0 Å². The Morgan fingerprint density at radius 1 is 0.696 bits per heavy atom. The molecule has 0 aromatic heterocycles. The molecule has 0 bridgehead atoms. The molecule has 0 nitrogen and oxygen atoms in total. The summed E-state index contributed by atoms with van der Waals surface area (Å²) in [5.74, 6) is 0. The molecule has 0 amide bonds. The molecule has 0 aliphatic heterocycles. The number of halogens is 2. The molecule has 0 heterocycles. The maximum atomic E-state index is 7.02. The maximum Gasteiger partial charge on any atom is 0.0844 e. The molecule has 0 N–H and O–H groups in total. The third-order valence-corrected chi connectivity index (χ3v) is 7.06. The number of hydrogen-bond donors (Lipinski definition) is 0. The van der Waals surface area contributed by atoms with Gasteiger partial charge < -0.3 is 0 Å². The van der Waals surface area contributed by atoms with E-state index in [-0.39, 0.29) is 31.5 Å². The Labute approximate surface area is 165 Å². The Bertz CT molecular complexity index is 559. The summed E-state index contributed by atoms with van der Waals surface area (Å²) in [6.07, 6.45) is 20.9. The summed E-state index contributed by atoms with van der Waals surface area (Å²) in [6, 6.07) is 0. The smallest absolute Gasteiger partial charge is 0.0844 e. The van der Waals surface area contributed by atoms with Crippen LogP contribution in [0, 0.1) is 0 Å². The molecular formula is C20H24Cl2Ti. The average Bonchev–Trinajstić information content (AvgIpc) is 3.07. The SMILES string of the molecule is ClC1(CCC2(Cl)C=CC3=C2CCCC3)C=CC2=C1CCCC2.[Ti]. The normalized spacial score (nSPS) is 35.4. The maximum absolute atomic E-state index is 7.02. The summed E-state index contributed by atoms with van der Waals surface area (Å²) in [4.78, 5) is -0.521. The van der Waals surface area contributed by atoms with Gasteiger partial charge in [0.25, 0.3) is 0 Å². The van der Waals surface area contributed by atoms with Crippen molar-refractivity contribution >= 4 is 23.2 Å². The van der Waals surface area contributed by atoms with E-state index in [2.05, 4.69) is 24.3 Å². The number of allylic oxidation sites excluding steroid dienone is 8. The molecule has 4 aliphatic rings. The molecule has 0 saturated heterocycles. The van der Waals surface area contributed by atoms with Gasteiger partial charge in [0.1, 0.15) is 0 Å². The average molecular weight is 383 g/mol. The van der Waals surface area contributed by atoms with Gasteiger partial charge in [-0.3, -0.25) is 0 Å². The summed E-state index contributed by atoms with van der Waals surface area (Å²) >= 11 is 14.0. The first-order chi connectivity index (χ1) is 10.6. The molecular weight excluding hydrogens is 359 g/mol. The van der Waals surface area contributed by atoms with Gasteiger partial charge in [-0.25, -0.2) is 0 Å². The number of hydrogen-bond acceptors (Lipinski definition) is 0. The van der Waals surface area contributed by atoms with Gasteiger partial charge in [-0.1, -0.05) is 24.3 Å². The first kappa shape index (κ1) is 18.1. The molecule has 23 heavy (non-hydrogen) atoms. The van der Waals surface area contributed by atoms with E-state index in [1.165, 1.54) is 73.7 Å². The number of alkyl halides is 2. The predicted octanol–water partition coefficient (Wildman–Crippen LogP) is 6.60. The van der Waals surface area contributed by atoms with Crippen LogP contribution in [0.2, 0.25) is 0 Å². The van der Waals surface area contributed by atoms with Crippen molar-refractivity contribution in [1.29, 1.82) is 0 Å². The molecule has 3 heteroatoms. The van der Waals surface area contributed by atoms with Gasteiger partial charge in [-0.2, -0.15) is 0 Å². The zero-order valence-corrected chi connectivity index (χ0v) is 16.7. The van der Waals surface area contributed by atoms with Gasteiger partial charge >= 0.3 is 0 Å². The zero-order chi connectivity index (χ0) is 15.2. The van der Waals surface area contributed by atoms with E-state index < -0.39 is 0 Å². The number of rotatable bonds is 3. The summed E-state index contributed by atoms with van der Waals surface area (Å²) < 4.78 is 0. The van der Waals surface area contributed by atoms with Gasteiger partial charge in [-0.15, -0.1) is 23.2 Å². The second-order valence-electron chi connectivity index (χ2n) is 7.31. The molecule has 0 fully saturated rings. The molecule has 0 aromatic rings. The van der Waals surface area contributed by atoms with E-state index in [9.17, 15) is 0 Å². The van der Waals surface area contributed by atoms with Crippen LogP contribution in [-0.4, -0.2) is 9.75 Å². The van der Waals surface area contributed by atoms with Crippen LogP contribution >= 0.6 is 23.2 Å². The van der Waals surface area contributed by atoms with Crippen LogP contribution in [0.15, 0.2) is 46.6 Å². The summed E-state index contributed by atoms with van der Waals surface area (Å²) in [6.45, 7) is 0. The molecule has 122 valence electrons. The Kier molecular flexibility index (Phi) is 5.39. The van der Waals surface area contributed by atoms with Crippen LogP contribution in [-0.2, 0) is 21.7 Å². The fourth-order valence-electron chi connectivity index (χ4n) is 4.67. The standard InChI is InChI=1S/C20H24Cl2.Ti/c21-19(11-9-15-5-1-3-7-17(15)19)13-14-20(22)12-10-16-6-2-4-8-18(16)20;/h9-12H,1-8,13-14H2;. The molecule has 0 radical (unpaired) electrons. The van der Waals surface area contributed by atoms with Gasteiger partial charge in [0.15, 0.2) is 0 Å². The van der Waals surface area contributed by atoms with E-state index in [0.29, 0.717) is 0 Å². The quantitative estimate of drug-likeness (QED) is 0.381. The fourth-order valence-corrected chi connectivity index (χ4v) is 5.42. The van der Waals surface area contributed by atoms with E-state index in [4.69, 9.17) is 23.2 Å². The third-order valence-electron chi connectivity index (χ3n) is 5.97. The van der Waals surface area contributed by atoms with Crippen LogP contribution in [0.4, 0.5) is 0 Å². The van der Waals surface area contributed by atoms with Gasteiger partial charge in [-0.05, 0) is 86.5 Å².